The highest BCUT2D eigenvalue weighted by Gasteiger charge is 2.23. The summed E-state index contributed by atoms with van der Waals surface area (Å²) in [6, 6.07) is 7.75. The monoisotopic (exact) mass is 275 g/mol. The fourth-order valence-electron chi connectivity index (χ4n) is 2.21. The van der Waals surface area contributed by atoms with Crippen molar-refractivity contribution in [3.05, 3.63) is 58.7 Å². The summed E-state index contributed by atoms with van der Waals surface area (Å²) in [5.74, 6) is 1.42. The first-order chi connectivity index (χ1) is 9.22. The van der Waals surface area contributed by atoms with E-state index in [2.05, 4.69) is 10.1 Å². The van der Waals surface area contributed by atoms with Crippen molar-refractivity contribution in [3.8, 4) is 0 Å². The predicted molar refractivity (Wildman–Crippen MR) is 73.0 cm³/mol. The lowest BCUT2D eigenvalue weighted by Gasteiger charge is -2.02. The van der Waals surface area contributed by atoms with Gasteiger partial charge < -0.3 is 10.3 Å². The summed E-state index contributed by atoms with van der Waals surface area (Å²) in [7, 11) is 0. The third-order valence-corrected chi connectivity index (χ3v) is 3.59. The van der Waals surface area contributed by atoms with Crippen molar-refractivity contribution in [2.24, 2.45) is 5.73 Å². The fourth-order valence-corrected chi connectivity index (χ4v) is 2.41. The van der Waals surface area contributed by atoms with Crippen LogP contribution in [-0.4, -0.2) is 16.2 Å². The number of halogens is 1. The Kier molecular flexibility index (Phi) is 3.36. The molecule has 0 fully saturated rings. The van der Waals surface area contributed by atoms with Crippen LogP contribution in [0.4, 0.5) is 0 Å². The van der Waals surface area contributed by atoms with Gasteiger partial charge >= 0.3 is 0 Å². The molecule has 0 amide bonds. The van der Waals surface area contributed by atoms with E-state index in [0.29, 0.717) is 18.1 Å². The van der Waals surface area contributed by atoms with Crippen molar-refractivity contribution >= 4 is 11.6 Å². The second-order valence-corrected chi connectivity index (χ2v) is 5.12. The smallest absolute Gasteiger partial charge is 0.233 e. The Balaban J connectivity index is 1.75. The van der Waals surface area contributed by atoms with Gasteiger partial charge in [0.05, 0.1) is 5.92 Å². The van der Waals surface area contributed by atoms with E-state index in [1.54, 1.807) is 0 Å². The van der Waals surface area contributed by atoms with Crippen LogP contribution in [0.5, 0.6) is 0 Å². The zero-order valence-electron chi connectivity index (χ0n) is 10.3. The zero-order chi connectivity index (χ0) is 13.2. The molecule has 1 heterocycles. The van der Waals surface area contributed by atoms with E-state index in [9.17, 15) is 0 Å². The average molecular weight is 276 g/mol. The summed E-state index contributed by atoms with van der Waals surface area (Å²) in [4.78, 5) is 4.42. The first-order valence-electron chi connectivity index (χ1n) is 6.22. The Morgan fingerprint density at radius 1 is 1.32 bits per heavy atom. The number of aromatic nitrogens is 2. The molecule has 0 spiro atoms. The molecule has 2 aromatic rings. The molecule has 19 heavy (non-hydrogen) atoms. The first kappa shape index (κ1) is 12.4. The van der Waals surface area contributed by atoms with Crippen LogP contribution in [0.3, 0.4) is 0 Å². The molecule has 1 aliphatic carbocycles. The second-order valence-electron chi connectivity index (χ2n) is 4.71. The number of nitrogens with two attached hydrogens (primary N) is 1. The molecule has 0 saturated heterocycles. The minimum absolute atomic E-state index is 0.0870. The van der Waals surface area contributed by atoms with Gasteiger partial charge in [-0.15, -0.1) is 0 Å². The molecule has 2 N–H and O–H groups in total. The Morgan fingerprint density at radius 3 is 2.89 bits per heavy atom. The van der Waals surface area contributed by atoms with Gasteiger partial charge in [-0.3, -0.25) is 0 Å². The van der Waals surface area contributed by atoms with E-state index in [4.69, 9.17) is 21.9 Å². The van der Waals surface area contributed by atoms with E-state index >= 15 is 0 Å². The van der Waals surface area contributed by atoms with Crippen LogP contribution in [0.2, 0.25) is 5.02 Å². The van der Waals surface area contributed by atoms with Gasteiger partial charge in [0.25, 0.3) is 0 Å². The third-order valence-electron chi connectivity index (χ3n) is 3.22. The maximum atomic E-state index is 6.11. The molecular weight excluding hydrogens is 262 g/mol. The van der Waals surface area contributed by atoms with E-state index < -0.39 is 0 Å². The minimum Gasteiger partial charge on any atom is -0.339 e. The molecule has 0 bridgehead atoms. The van der Waals surface area contributed by atoms with Crippen molar-refractivity contribution in [1.82, 2.24) is 10.1 Å². The molecule has 4 nitrogen and oxygen atoms in total. The lowest BCUT2D eigenvalue weighted by molar-refractivity contribution is 0.360. The summed E-state index contributed by atoms with van der Waals surface area (Å²) in [6.45, 7) is 0. The van der Waals surface area contributed by atoms with Crippen LogP contribution in [0.1, 0.15) is 29.6 Å². The van der Waals surface area contributed by atoms with Crippen molar-refractivity contribution in [1.29, 1.82) is 0 Å². The van der Waals surface area contributed by atoms with Gasteiger partial charge in [0.1, 0.15) is 0 Å². The highest BCUT2D eigenvalue weighted by molar-refractivity contribution is 6.31. The summed E-state index contributed by atoms with van der Waals surface area (Å²) in [6.07, 6.45) is 5.40. The Bertz CT molecular complexity index is 608. The molecule has 98 valence electrons. The molecule has 0 saturated carbocycles. The molecule has 3 rings (SSSR count). The normalized spacial score (nSPS) is 22.0. The Labute approximate surface area is 116 Å². The predicted octanol–water partition coefficient (Wildman–Crippen LogP) is 2.68. The molecule has 0 radical (unpaired) electrons. The van der Waals surface area contributed by atoms with Crippen LogP contribution < -0.4 is 5.73 Å². The van der Waals surface area contributed by atoms with Gasteiger partial charge in [-0.05, 0) is 18.1 Å². The van der Waals surface area contributed by atoms with Crippen molar-refractivity contribution in [2.45, 2.75) is 24.8 Å². The van der Waals surface area contributed by atoms with Crippen LogP contribution in [-0.2, 0) is 6.42 Å². The summed E-state index contributed by atoms with van der Waals surface area (Å²) in [5, 5.41) is 4.72. The Hall–Kier alpha value is -1.65. The fraction of sp³-hybridized carbons (Fsp3) is 0.286. The number of nitrogens with zero attached hydrogens (tertiary/aromatic N) is 2. The standard InChI is InChI=1S/C14H14ClN3O/c15-12-4-2-1-3-9(12)8-13-17-14(19-18-13)10-5-6-11(16)7-10/h1-6,10-11H,7-8,16H2. The van der Waals surface area contributed by atoms with Crippen LogP contribution >= 0.6 is 11.6 Å². The number of hydrogen-bond acceptors (Lipinski definition) is 4. The molecule has 5 heteroatoms. The van der Waals surface area contributed by atoms with E-state index in [-0.39, 0.29) is 12.0 Å². The second kappa shape index (κ2) is 5.15. The topological polar surface area (TPSA) is 64.9 Å². The van der Waals surface area contributed by atoms with Crippen LogP contribution in [0, 0.1) is 0 Å². The molecule has 1 aromatic heterocycles. The van der Waals surface area contributed by atoms with Gasteiger partial charge in [0.2, 0.25) is 5.89 Å². The third kappa shape index (κ3) is 2.69. The van der Waals surface area contributed by atoms with Gasteiger partial charge in [0, 0.05) is 17.5 Å². The number of allylic oxidation sites excluding steroid dienone is 1. The van der Waals surface area contributed by atoms with E-state index in [0.717, 1.165) is 17.0 Å². The lowest BCUT2D eigenvalue weighted by atomic mass is 10.1. The molecular formula is C14H14ClN3O. The summed E-state index contributed by atoms with van der Waals surface area (Å²) in [5.41, 5.74) is 6.81. The van der Waals surface area contributed by atoms with Crippen molar-refractivity contribution in [2.75, 3.05) is 0 Å². The minimum atomic E-state index is 0.0870. The molecule has 2 unspecified atom stereocenters. The van der Waals surface area contributed by atoms with Crippen molar-refractivity contribution < 1.29 is 4.52 Å². The summed E-state index contributed by atoms with van der Waals surface area (Å²) < 4.78 is 5.30. The molecule has 2 atom stereocenters. The lowest BCUT2D eigenvalue weighted by Crippen LogP contribution is -2.14. The average Bonchev–Trinajstić information content (AvgIpc) is 3.01. The molecule has 0 aliphatic heterocycles. The van der Waals surface area contributed by atoms with Crippen LogP contribution in [0.15, 0.2) is 40.9 Å². The quantitative estimate of drug-likeness (QED) is 0.875. The maximum Gasteiger partial charge on any atom is 0.233 e. The molecule has 1 aromatic carbocycles. The van der Waals surface area contributed by atoms with Crippen LogP contribution in [0.25, 0.3) is 0 Å². The number of rotatable bonds is 3. The number of hydrogen-bond donors (Lipinski definition) is 1. The maximum absolute atomic E-state index is 6.11. The highest BCUT2D eigenvalue weighted by atomic mass is 35.5. The zero-order valence-corrected chi connectivity index (χ0v) is 11.0. The van der Waals surface area contributed by atoms with E-state index in [1.807, 2.05) is 36.4 Å². The summed E-state index contributed by atoms with van der Waals surface area (Å²) >= 11 is 6.11. The van der Waals surface area contributed by atoms with Gasteiger partial charge in [-0.2, -0.15) is 4.98 Å². The first-order valence-corrected chi connectivity index (χ1v) is 6.60. The van der Waals surface area contributed by atoms with Gasteiger partial charge in [-0.25, -0.2) is 0 Å². The van der Waals surface area contributed by atoms with Crippen molar-refractivity contribution in [3.63, 3.8) is 0 Å². The Morgan fingerprint density at radius 2 is 2.16 bits per heavy atom. The molecule has 1 aliphatic rings. The number of benzene rings is 1. The highest BCUT2D eigenvalue weighted by Crippen LogP contribution is 2.27. The van der Waals surface area contributed by atoms with E-state index in [1.165, 1.54) is 0 Å². The SMILES string of the molecule is NC1C=CC(c2nc(Cc3ccccc3Cl)no2)C1. The van der Waals surface area contributed by atoms with Gasteiger partial charge in [-0.1, -0.05) is 47.1 Å². The largest absolute Gasteiger partial charge is 0.339 e. The van der Waals surface area contributed by atoms with Gasteiger partial charge in [0.15, 0.2) is 5.82 Å².